The molecule has 0 spiro atoms. The van der Waals surface area contributed by atoms with E-state index in [4.69, 9.17) is 9.47 Å². The number of aliphatic carboxylic acids is 1. The van der Waals surface area contributed by atoms with Gasteiger partial charge in [-0.05, 0) is 114 Å². The van der Waals surface area contributed by atoms with Gasteiger partial charge in [-0.2, -0.15) is 0 Å². The molecule has 0 bridgehead atoms. The summed E-state index contributed by atoms with van der Waals surface area (Å²) in [6.45, 7) is 12.4. The molecule has 3 heterocycles. The summed E-state index contributed by atoms with van der Waals surface area (Å²) in [6.07, 6.45) is -3.40. The summed E-state index contributed by atoms with van der Waals surface area (Å²) >= 11 is 1.40. The quantitative estimate of drug-likeness (QED) is 0.0415. The Morgan fingerprint density at radius 3 is 1.89 bits per heavy atom. The molecule has 1 fully saturated rings. The van der Waals surface area contributed by atoms with Crippen LogP contribution in [-0.2, 0) is 67.1 Å². The van der Waals surface area contributed by atoms with Gasteiger partial charge in [0.05, 0.1) is 12.2 Å². The third kappa shape index (κ3) is 22.0. The molecule has 1 saturated heterocycles. The van der Waals surface area contributed by atoms with Crippen molar-refractivity contribution in [1.29, 1.82) is 0 Å². The van der Waals surface area contributed by atoms with Gasteiger partial charge < -0.3 is 77.6 Å². The second-order valence-electron chi connectivity index (χ2n) is 23.5. The number of fused-ring (bicyclic) bond motifs is 2. The molecule has 0 saturated carbocycles. The monoisotopic (exact) mass is 1290 g/mol. The van der Waals surface area contributed by atoms with Crippen molar-refractivity contribution < 1.29 is 72.7 Å². The zero-order chi connectivity index (χ0) is 65.2. The Balaban J connectivity index is 1.45. The number of carboxylic acids is 1. The summed E-state index contributed by atoms with van der Waals surface area (Å²) in [6, 6.07) is 10.6. The number of carbonyl (C=O) groups excluding carboxylic acids is 9. The van der Waals surface area contributed by atoms with Crippen molar-refractivity contribution in [2.45, 2.75) is 166 Å². The summed E-state index contributed by atoms with van der Waals surface area (Å²) in [5.74, 6) is -9.07. The molecule has 10 atom stereocenters. The third-order valence-electron chi connectivity index (χ3n) is 13.8. The number of aromatic amines is 1. The Labute approximate surface area is 527 Å². The molecule has 89 heavy (non-hydrogen) atoms. The van der Waals surface area contributed by atoms with Crippen molar-refractivity contribution in [3.05, 3.63) is 107 Å². The normalized spacial score (nSPS) is 20.8. The maximum Gasteiger partial charge on any atom is 0.408 e. The van der Waals surface area contributed by atoms with E-state index in [9.17, 15) is 48.9 Å². The zero-order valence-electron chi connectivity index (χ0n) is 50.8. The molecule has 0 unspecified atom stereocenters. The topological polar surface area (TPSA) is 374 Å². The van der Waals surface area contributed by atoms with Crippen molar-refractivity contribution in [2.75, 3.05) is 18.1 Å². The van der Waals surface area contributed by atoms with Crippen LogP contribution in [0.4, 0.5) is 9.59 Å². The molecule has 13 N–H and O–H groups in total. The fourth-order valence-corrected chi connectivity index (χ4v) is 12.7. The van der Waals surface area contributed by atoms with Crippen LogP contribution < -0.4 is 47.9 Å². The molecule has 2 aromatic heterocycles. The number of aromatic nitrogens is 1. The molecule has 5 aromatic rings. The average Bonchev–Trinajstić information content (AvgIpc) is 4.25. The fraction of sp³-hybridized carbons (Fsp3) is 0.475. The molecule has 6 rings (SSSR count). The van der Waals surface area contributed by atoms with Gasteiger partial charge in [0.25, 0.3) is 0 Å². The Morgan fingerprint density at radius 1 is 0.652 bits per heavy atom. The lowest BCUT2D eigenvalue weighted by Crippen LogP contribution is -2.62. The van der Waals surface area contributed by atoms with E-state index in [1.165, 1.54) is 18.3 Å². The smallest absolute Gasteiger partial charge is 0.408 e. The first-order chi connectivity index (χ1) is 42.0. The lowest BCUT2D eigenvalue weighted by Gasteiger charge is -2.29. The van der Waals surface area contributed by atoms with Gasteiger partial charge in [-0.25, -0.2) is 14.4 Å². The first-order valence-corrected chi connectivity index (χ1v) is 32.4. The number of ether oxygens (including phenoxy) is 2. The lowest BCUT2D eigenvalue weighted by molar-refractivity contribution is -0.145. The minimum atomic E-state index is -1.87. The van der Waals surface area contributed by atoms with Crippen LogP contribution >= 0.6 is 32.9 Å². The number of amides is 9. The SMILES string of the molecule is C[C@@H](O)[C@H](NC(=O)[C@@H]1CSSC[C@H](NC(=O)[C@@H](Cc2ccccc2)NC(=O)OC(C)(C)C)C(=O)N[C@@H](Cc2csc3ccccc23)C(=O)N[C@H](Cc2c[nH]c3ccccc23)C(=O)N[C@@H](CCCCNC(=O)OC(C)(C)C)C(=O)N[C@@H]([C@@H](C)O)C(=O)N1)C(=O)O. The molecule has 25 nitrogen and oxygen atoms in total. The van der Waals surface area contributed by atoms with Gasteiger partial charge >= 0.3 is 18.2 Å². The highest BCUT2D eigenvalue weighted by Crippen LogP contribution is 2.28. The number of thiophene rings is 1. The van der Waals surface area contributed by atoms with Crippen molar-refractivity contribution in [3.63, 3.8) is 0 Å². The van der Waals surface area contributed by atoms with Gasteiger partial charge in [0.2, 0.25) is 41.4 Å². The van der Waals surface area contributed by atoms with Crippen LogP contribution in [0.25, 0.3) is 21.0 Å². The van der Waals surface area contributed by atoms with Gasteiger partial charge in [0.15, 0.2) is 6.04 Å². The van der Waals surface area contributed by atoms with E-state index >= 15 is 14.4 Å². The van der Waals surface area contributed by atoms with E-state index in [0.29, 0.717) is 27.6 Å². The number of hydrogen-bond acceptors (Lipinski definition) is 17. The number of unbranched alkanes of at least 4 members (excludes halogenated alkanes) is 1. The average molecular weight is 1290 g/mol. The van der Waals surface area contributed by atoms with Crippen molar-refractivity contribution in [3.8, 4) is 0 Å². The number of hydrogen-bond donors (Lipinski definition) is 13. The summed E-state index contributed by atoms with van der Waals surface area (Å²) in [7, 11) is 1.79. The summed E-state index contributed by atoms with van der Waals surface area (Å²) in [5, 5.41) is 58.3. The van der Waals surface area contributed by atoms with E-state index in [-0.39, 0.29) is 50.8 Å². The Morgan fingerprint density at radius 2 is 1.24 bits per heavy atom. The van der Waals surface area contributed by atoms with E-state index in [2.05, 4.69) is 52.8 Å². The molecule has 28 heteroatoms. The molecule has 0 radical (unpaired) electrons. The Bertz CT molecular complexity index is 3290. The van der Waals surface area contributed by atoms with Crippen LogP contribution in [0, 0.1) is 0 Å². The number of carbonyl (C=O) groups is 10. The minimum absolute atomic E-state index is 0.0708. The molecule has 3 aromatic carbocycles. The summed E-state index contributed by atoms with van der Waals surface area (Å²) < 4.78 is 11.7. The standard InChI is InChI=1S/C61H80N10O15S3/c1-33(72)48-56(80)68-46(55(79)71-49(34(2)73)57(81)82)32-89-88-31-45(67-51(75)42(26-35-18-10-9-11-19-35)69-59(84)86-61(6,7)8)54(78)66-44(28-37-30-87-47-24-15-13-21-39(37)47)53(77)65-43(27-36-29-63-40-22-14-12-20-38(36)40)52(76)64-41(50(74)70-48)23-16-17-25-62-58(83)85-60(3,4)5/h9-15,18-22,24,29-30,33-34,41-46,48-49,63,72-73H,16-17,23,25-28,31-32H2,1-8H3,(H,62,83)(H,64,76)(H,65,77)(H,66,78)(H,67,75)(H,68,80)(H,69,84)(H,70,74)(H,71,79)(H,81,82)/t33-,34-,41+,42-,43-,44+,45+,46+,48+,49+/m1/s1. The predicted molar refractivity (Wildman–Crippen MR) is 338 cm³/mol. The second-order valence-corrected chi connectivity index (χ2v) is 27.0. The number of aliphatic hydroxyl groups excluding tert-OH is 2. The van der Waals surface area contributed by atoms with Crippen LogP contribution in [0.3, 0.4) is 0 Å². The predicted octanol–water partition coefficient (Wildman–Crippen LogP) is 3.63. The van der Waals surface area contributed by atoms with E-state index in [1.807, 2.05) is 41.8 Å². The largest absolute Gasteiger partial charge is 0.480 e. The number of alkyl carbamates (subject to hydrolysis) is 2. The van der Waals surface area contributed by atoms with Crippen LogP contribution in [0.15, 0.2) is 90.4 Å². The third-order valence-corrected chi connectivity index (χ3v) is 17.2. The minimum Gasteiger partial charge on any atom is -0.480 e. The van der Waals surface area contributed by atoms with Gasteiger partial charge in [-0.3, -0.25) is 33.6 Å². The summed E-state index contributed by atoms with van der Waals surface area (Å²) in [5.41, 5.74) is 0.785. The van der Waals surface area contributed by atoms with Crippen LogP contribution in [0.5, 0.6) is 0 Å². The molecular formula is C61H80N10O15S3. The van der Waals surface area contributed by atoms with Gasteiger partial charge in [0, 0.05) is 59.1 Å². The maximum absolute atomic E-state index is 15.3. The number of benzene rings is 3. The van der Waals surface area contributed by atoms with E-state index in [1.54, 1.807) is 90.2 Å². The van der Waals surface area contributed by atoms with Gasteiger partial charge in [-0.1, -0.05) is 88.3 Å². The molecule has 9 amide bonds. The highest BCUT2D eigenvalue weighted by molar-refractivity contribution is 8.76. The fourth-order valence-electron chi connectivity index (χ4n) is 9.36. The number of carboxylic acid groups (broad SMARTS) is 1. The van der Waals surface area contributed by atoms with Gasteiger partial charge in [0.1, 0.15) is 53.5 Å². The van der Waals surface area contributed by atoms with Gasteiger partial charge in [-0.15, -0.1) is 11.3 Å². The number of rotatable bonds is 19. The number of aliphatic hydroxyl groups is 2. The molecular weight excluding hydrogens is 1210 g/mol. The first-order valence-electron chi connectivity index (χ1n) is 29.0. The molecule has 482 valence electrons. The van der Waals surface area contributed by atoms with Crippen LogP contribution in [-0.4, -0.2) is 170 Å². The highest BCUT2D eigenvalue weighted by atomic mass is 33.1. The second kappa shape index (κ2) is 32.5. The molecule has 1 aliphatic heterocycles. The molecule has 1 aliphatic rings. The highest BCUT2D eigenvalue weighted by Gasteiger charge is 2.38. The number of para-hydroxylation sites is 1. The van der Waals surface area contributed by atoms with Crippen LogP contribution in [0.1, 0.15) is 91.3 Å². The lowest BCUT2D eigenvalue weighted by atomic mass is 10.0. The zero-order valence-corrected chi connectivity index (χ0v) is 53.2. The first kappa shape index (κ1) is 70.2. The Hall–Kier alpha value is -7.92. The van der Waals surface area contributed by atoms with Crippen molar-refractivity contribution in [2.24, 2.45) is 0 Å². The van der Waals surface area contributed by atoms with Crippen molar-refractivity contribution in [1.82, 2.24) is 52.8 Å². The summed E-state index contributed by atoms with van der Waals surface area (Å²) in [4.78, 5) is 145. The number of H-pyrrole nitrogens is 1. The molecule has 0 aliphatic carbocycles. The Kier molecular flexibility index (Phi) is 25.6. The van der Waals surface area contributed by atoms with Crippen LogP contribution in [0.2, 0.25) is 0 Å². The maximum atomic E-state index is 15.3. The van der Waals surface area contributed by atoms with E-state index in [0.717, 1.165) is 38.6 Å². The van der Waals surface area contributed by atoms with Crippen molar-refractivity contribution >= 4 is 113 Å². The number of nitrogens with one attached hydrogen (secondary N) is 10. The van der Waals surface area contributed by atoms with E-state index < -0.39 is 137 Å².